The highest BCUT2D eigenvalue weighted by atomic mass is 35.7. The van der Waals surface area contributed by atoms with Crippen LogP contribution in [0.5, 0.6) is 0 Å². The van der Waals surface area contributed by atoms with Crippen molar-refractivity contribution in [2.24, 2.45) is 0 Å². The summed E-state index contributed by atoms with van der Waals surface area (Å²) in [6.07, 6.45) is 5.07. The van der Waals surface area contributed by atoms with Gasteiger partial charge in [0.2, 0.25) is 0 Å². The summed E-state index contributed by atoms with van der Waals surface area (Å²) in [5, 5.41) is 2.53. The predicted octanol–water partition coefficient (Wildman–Crippen LogP) is 1.85. The highest BCUT2D eigenvalue weighted by Crippen LogP contribution is 2.18. The molecule has 0 aliphatic carbocycles. The van der Waals surface area contributed by atoms with Gasteiger partial charge in [-0.2, -0.15) is 0 Å². The molecule has 8 heteroatoms. The first-order valence-electron chi connectivity index (χ1n) is 5.39. The van der Waals surface area contributed by atoms with Gasteiger partial charge in [0.1, 0.15) is 5.82 Å². The summed E-state index contributed by atoms with van der Waals surface area (Å²) < 4.78 is 35.6. The summed E-state index contributed by atoms with van der Waals surface area (Å²) >= 11 is 1.46. The minimum absolute atomic E-state index is 0.105. The third kappa shape index (κ3) is 5.41. The number of carbonyl (C=O) groups excluding carboxylic acids is 1. The van der Waals surface area contributed by atoms with Crippen LogP contribution in [0.3, 0.4) is 0 Å². The maximum absolute atomic E-state index is 13.3. The van der Waals surface area contributed by atoms with Crippen molar-refractivity contribution in [1.82, 2.24) is 5.32 Å². The molecule has 4 nitrogen and oxygen atoms in total. The van der Waals surface area contributed by atoms with Gasteiger partial charge >= 0.3 is 0 Å². The van der Waals surface area contributed by atoms with Gasteiger partial charge in [0, 0.05) is 28.5 Å². The predicted molar refractivity (Wildman–Crippen MR) is 77.9 cm³/mol. The molecule has 0 radical (unpaired) electrons. The number of benzene rings is 1. The molecule has 20 heavy (non-hydrogen) atoms. The SMILES string of the molecule is C#CCSCCNC(=O)c1cc(F)cc(S(=O)(=O)Cl)c1. The molecule has 0 saturated carbocycles. The Morgan fingerprint density at radius 3 is 2.75 bits per heavy atom. The number of amides is 1. The van der Waals surface area contributed by atoms with E-state index in [0.29, 0.717) is 18.1 Å². The lowest BCUT2D eigenvalue weighted by atomic mass is 10.2. The van der Waals surface area contributed by atoms with E-state index in [4.69, 9.17) is 17.1 Å². The van der Waals surface area contributed by atoms with E-state index in [1.54, 1.807) is 0 Å². The molecule has 0 aliphatic rings. The fourth-order valence-electron chi connectivity index (χ4n) is 1.30. The van der Waals surface area contributed by atoms with E-state index in [1.165, 1.54) is 11.8 Å². The zero-order valence-electron chi connectivity index (χ0n) is 10.2. The number of terminal acetylenes is 1. The molecule has 1 rings (SSSR count). The smallest absolute Gasteiger partial charge is 0.261 e. The molecular formula is C12H11ClFNO3S2. The first-order valence-corrected chi connectivity index (χ1v) is 8.85. The van der Waals surface area contributed by atoms with Gasteiger partial charge in [-0.25, -0.2) is 12.8 Å². The summed E-state index contributed by atoms with van der Waals surface area (Å²) in [6, 6.07) is 2.71. The molecule has 1 aromatic carbocycles. The quantitative estimate of drug-likeness (QED) is 0.489. The maximum Gasteiger partial charge on any atom is 0.261 e. The molecule has 0 saturated heterocycles. The molecule has 0 spiro atoms. The van der Waals surface area contributed by atoms with Crippen molar-refractivity contribution in [3.63, 3.8) is 0 Å². The molecule has 1 amide bonds. The van der Waals surface area contributed by atoms with Gasteiger partial charge in [-0.3, -0.25) is 4.79 Å². The van der Waals surface area contributed by atoms with Gasteiger partial charge in [-0.15, -0.1) is 18.2 Å². The minimum Gasteiger partial charge on any atom is -0.351 e. The van der Waals surface area contributed by atoms with Crippen LogP contribution in [0.15, 0.2) is 23.1 Å². The lowest BCUT2D eigenvalue weighted by Gasteiger charge is -2.06. The Labute approximate surface area is 125 Å². The summed E-state index contributed by atoms with van der Waals surface area (Å²) in [7, 11) is 1.03. The molecule has 0 aliphatic heterocycles. The Balaban J connectivity index is 2.74. The summed E-state index contributed by atoms with van der Waals surface area (Å²) in [6.45, 7) is 0.338. The highest BCUT2D eigenvalue weighted by molar-refractivity contribution is 8.13. The van der Waals surface area contributed by atoms with E-state index in [0.717, 1.165) is 18.2 Å². The second kappa shape index (κ2) is 7.53. The molecule has 1 N–H and O–H groups in total. The van der Waals surface area contributed by atoms with Crippen molar-refractivity contribution in [2.45, 2.75) is 4.90 Å². The van der Waals surface area contributed by atoms with E-state index in [9.17, 15) is 17.6 Å². The Bertz CT molecular complexity index is 641. The molecule has 0 unspecified atom stereocenters. The maximum atomic E-state index is 13.3. The summed E-state index contributed by atoms with van der Waals surface area (Å²) in [5.74, 6) is 2.15. The second-order valence-corrected chi connectivity index (χ2v) is 7.30. The van der Waals surface area contributed by atoms with Gasteiger partial charge in [-0.1, -0.05) is 5.92 Å². The number of carbonyl (C=O) groups is 1. The van der Waals surface area contributed by atoms with Gasteiger partial charge < -0.3 is 5.32 Å². The zero-order valence-corrected chi connectivity index (χ0v) is 12.6. The Kier molecular flexibility index (Phi) is 6.33. The van der Waals surface area contributed by atoms with Crippen LogP contribution in [0.1, 0.15) is 10.4 Å². The standard InChI is InChI=1S/C12H11ClFNO3S2/c1-2-4-19-5-3-15-12(16)9-6-10(14)8-11(7-9)20(13,17)18/h1,6-8H,3-5H2,(H,15,16). The van der Waals surface area contributed by atoms with Crippen LogP contribution in [-0.2, 0) is 9.05 Å². The van der Waals surface area contributed by atoms with Crippen LogP contribution < -0.4 is 5.32 Å². The van der Waals surface area contributed by atoms with Crippen molar-refractivity contribution in [3.05, 3.63) is 29.6 Å². The number of thioether (sulfide) groups is 1. The third-order valence-corrected chi connectivity index (χ3v) is 4.33. The topological polar surface area (TPSA) is 63.2 Å². The fraction of sp³-hybridized carbons (Fsp3) is 0.250. The second-order valence-electron chi connectivity index (χ2n) is 3.63. The molecule has 0 fully saturated rings. The van der Waals surface area contributed by atoms with Crippen LogP contribution in [0.25, 0.3) is 0 Å². The van der Waals surface area contributed by atoms with Gasteiger partial charge in [0.05, 0.1) is 10.6 Å². The summed E-state index contributed by atoms with van der Waals surface area (Å²) in [5.41, 5.74) is -0.105. The molecule has 0 heterocycles. The van der Waals surface area contributed by atoms with E-state index in [-0.39, 0.29) is 5.56 Å². The van der Waals surface area contributed by atoms with Crippen molar-refractivity contribution in [2.75, 3.05) is 18.1 Å². The van der Waals surface area contributed by atoms with Crippen LogP contribution in [0.4, 0.5) is 4.39 Å². The number of hydrogen-bond acceptors (Lipinski definition) is 4. The molecule has 1 aromatic rings. The number of rotatable bonds is 6. The molecular weight excluding hydrogens is 325 g/mol. The Morgan fingerprint density at radius 1 is 1.45 bits per heavy atom. The Hall–Kier alpha value is -1.23. The highest BCUT2D eigenvalue weighted by Gasteiger charge is 2.15. The minimum atomic E-state index is -4.09. The fourth-order valence-corrected chi connectivity index (χ4v) is 2.60. The average Bonchev–Trinajstić information content (AvgIpc) is 2.36. The van der Waals surface area contributed by atoms with Crippen LogP contribution in [0.2, 0.25) is 0 Å². The van der Waals surface area contributed by atoms with Crippen LogP contribution in [-0.4, -0.2) is 32.4 Å². The van der Waals surface area contributed by atoms with E-state index >= 15 is 0 Å². The van der Waals surface area contributed by atoms with Crippen molar-refractivity contribution < 1.29 is 17.6 Å². The molecule has 0 aromatic heterocycles. The first-order chi connectivity index (χ1) is 9.34. The zero-order chi connectivity index (χ0) is 15.2. The number of nitrogens with one attached hydrogen (secondary N) is 1. The number of halogens is 2. The Morgan fingerprint density at radius 2 is 2.15 bits per heavy atom. The third-order valence-electron chi connectivity index (χ3n) is 2.13. The molecule has 0 bridgehead atoms. The van der Waals surface area contributed by atoms with Crippen molar-refractivity contribution >= 4 is 37.4 Å². The first kappa shape index (κ1) is 16.8. The normalized spacial score (nSPS) is 10.8. The average molecular weight is 336 g/mol. The van der Waals surface area contributed by atoms with E-state index in [2.05, 4.69) is 11.2 Å². The van der Waals surface area contributed by atoms with Crippen LogP contribution >= 0.6 is 22.4 Å². The van der Waals surface area contributed by atoms with Gasteiger partial charge in [0.15, 0.2) is 0 Å². The van der Waals surface area contributed by atoms with Crippen molar-refractivity contribution in [1.29, 1.82) is 0 Å². The number of hydrogen-bond donors (Lipinski definition) is 1. The largest absolute Gasteiger partial charge is 0.351 e. The monoisotopic (exact) mass is 335 g/mol. The summed E-state index contributed by atoms with van der Waals surface area (Å²) in [4.78, 5) is 11.3. The van der Waals surface area contributed by atoms with E-state index < -0.39 is 25.7 Å². The lowest BCUT2D eigenvalue weighted by Crippen LogP contribution is -2.26. The van der Waals surface area contributed by atoms with E-state index in [1.807, 2.05) is 0 Å². The molecule has 0 atom stereocenters. The van der Waals surface area contributed by atoms with Gasteiger partial charge in [0.25, 0.3) is 15.0 Å². The lowest BCUT2D eigenvalue weighted by molar-refractivity contribution is 0.0955. The molecule has 108 valence electrons. The van der Waals surface area contributed by atoms with Crippen molar-refractivity contribution in [3.8, 4) is 12.3 Å². The van der Waals surface area contributed by atoms with Crippen LogP contribution in [0, 0.1) is 18.2 Å². The van der Waals surface area contributed by atoms with Gasteiger partial charge in [-0.05, 0) is 18.2 Å².